The van der Waals surface area contributed by atoms with Crippen LogP contribution in [0.5, 0.6) is 5.75 Å². The van der Waals surface area contributed by atoms with Crippen LogP contribution >= 0.6 is 0 Å². The number of nitrogens with two attached hydrogens (primary N) is 1. The molecule has 1 atom stereocenters. The summed E-state index contributed by atoms with van der Waals surface area (Å²) in [7, 11) is 0. The lowest BCUT2D eigenvalue weighted by molar-refractivity contribution is -0.137. The third-order valence-electron chi connectivity index (χ3n) is 5.83. The van der Waals surface area contributed by atoms with Gasteiger partial charge in [-0.3, -0.25) is 9.48 Å². The van der Waals surface area contributed by atoms with Crippen molar-refractivity contribution in [2.75, 3.05) is 6.61 Å². The maximum absolute atomic E-state index is 14.0. The standard InChI is InChI=1S/C27H34FN3O3/c1-19(2)13-24(22-9-10-25(28)23(15-22)16-29)18-34-26-14-20(17-31-12-4-11-30-31)7-8-21(26)5-3-6-27(32)33/h4,7-12,14-15,19,24H,3,5-6,13,16-18,29H2,1-2H3,(H,32,33). The zero-order valence-electron chi connectivity index (χ0n) is 19.9. The molecule has 0 aliphatic carbocycles. The minimum absolute atomic E-state index is 0.0764. The second-order valence-electron chi connectivity index (χ2n) is 9.09. The fourth-order valence-corrected chi connectivity index (χ4v) is 4.11. The summed E-state index contributed by atoms with van der Waals surface area (Å²) in [4.78, 5) is 11.0. The van der Waals surface area contributed by atoms with Crippen molar-refractivity contribution in [2.45, 2.75) is 58.5 Å². The molecule has 0 radical (unpaired) electrons. The fourth-order valence-electron chi connectivity index (χ4n) is 4.11. The largest absolute Gasteiger partial charge is 0.493 e. The number of carbonyl (C=O) groups is 1. The molecule has 0 saturated carbocycles. The number of carboxylic acids is 1. The van der Waals surface area contributed by atoms with Gasteiger partial charge in [0.15, 0.2) is 0 Å². The maximum atomic E-state index is 14.0. The number of halogens is 1. The van der Waals surface area contributed by atoms with Crippen LogP contribution in [0, 0.1) is 11.7 Å². The average Bonchev–Trinajstić information content (AvgIpc) is 3.31. The minimum atomic E-state index is -0.804. The topological polar surface area (TPSA) is 90.4 Å². The molecule has 2 aromatic carbocycles. The number of nitrogens with zero attached hydrogens (tertiary/aromatic N) is 2. The van der Waals surface area contributed by atoms with Crippen LogP contribution in [0.2, 0.25) is 0 Å². The molecule has 0 fully saturated rings. The number of aliphatic carboxylic acids is 1. The summed E-state index contributed by atoms with van der Waals surface area (Å²) in [6, 6.07) is 13.1. The Kier molecular flexibility index (Phi) is 9.22. The smallest absolute Gasteiger partial charge is 0.303 e. The minimum Gasteiger partial charge on any atom is -0.493 e. The van der Waals surface area contributed by atoms with Gasteiger partial charge in [0, 0.05) is 36.8 Å². The molecule has 0 saturated heterocycles. The van der Waals surface area contributed by atoms with Gasteiger partial charge >= 0.3 is 5.97 Å². The van der Waals surface area contributed by atoms with Crippen LogP contribution < -0.4 is 10.5 Å². The molecule has 182 valence electrons. The Balaban J connectivity index is 1.82. The van der Waals surface area contributed by atoms with Gasteiger partial charge < -0.3 is 15.6 Å². The van der Waals surface area contributed by atoms with Gasteiger partial charge in [0.05, 0.1) is 13.2 Å². The van der Waals surface area contributed by atoms with E-state index in [2.05, 4.69) is 18.9 Å². The molecule has 0 spiro atoms. The van der Waals surface area contributed by atoms with Gasteiger partial charge in [0.1, 0.15) is 11.6 Å². The molecule has 1 aromatic heterocycles. The van der Waals surface area contributed by atoms with Gasteiger partial charge in [-0.2, -0.15) is 5.10 Å². The van der Waals surface area contributed by atoms with E-state index in [1.165, 1.54) is 6.07 Å². The average molecular weight is 468 g/mol. The van der Waals surface area contributed by atoms with E-state index in [0.29, 0.717) is 37.5 Å². The van der Waals surface area contributed by atoms with Gasteiger partial charge in [0.25, 0.3) is 0 Å². The van der Waals surface area contributed by atoms with E-state index in [1.54, 1.807) is 6.20 Å². The number of ether oxygens (including phenoxy) is 1. The lowest BCUT2D eigenvalue weighted by Gasteiger charge is -2.22. The first kappa shape index (κ1) is 25.4. The number of aryl methyl sites for hydroxylation is 1. The fraction of sp³-hybridized carbons (Fsp3) is 0.407. The summed E-state index contributed by atoms with van der Waals surface area (Å²) in [5.74, 6) is 0.169. The van der Waals surface area contributed by atoms with Gasteiger partial charge in [-0.1, -0.05) is 38.1 Å². The summed E-state index contributed by atoms with van der Waals surface area (Å²) in [5, 5.41) is 13.3. The Morgan fingerprint density at radius 1 is 1.21 bits per heavy atom. The Morgan fingerprint density at radius 3 is 2.71 bits per heavy atom. The highest BCUT2D eigenvalue weighted by Crippen LogP contribution is 2.29. The Hall–Kier alpha value is -3.19. The normalized spacial score (nSPS) is 12.1. The van der Waals surface area contributed by atoms with Gasteiger partial charge in [-0.15, -0.1) is 0 Å². The van der Waals surface area contributed by atoms with Crippen molar-refractivity contribution in [1.82, 2.24) is 9.78 Å². The first-order chi connectivity index (χ1) is 16.4. The lowest BCUT2D eigenvalue weighted by Crippen LogP contribution is -2.15. The molecule has 34 heavy (non-hydrogen) atoms. The van der Waals surface area contributed by atoms with E-state index < -0.39 is 5.97 Å². The first-order valence-electron chi connectivity index (χ1n) is 11.8. The Bertz CT molecular complexity index is 1070. The molecule has 6 nitrogen and oxygen atoms in total. The number of aromatic nitrogens is 2. The van der Waals surface area contributed by atoms with E-state index in [4.69, 9.17) is 15.6 Å². The summed E-state index contributed by atoms with van der Waals surface area (Å²) < 4.78 is 22.2. The predicted molar refractivity (Wildman–Crippen MR) is 130 cm³/mol. The molecule has 0 aliphatic rings. The molecule has 0 amide bonds. The third-order valence-corrected chi connectivity index (χ3v) is 5.83. The monoisotopic (exact) mass is 467 g/mol. The van der Waals surface area contributed by atoms with Crippen LogP contribution in [0.3, 0.4) is 0 Å². The van der Waals surface area contributed by atoms with E-state index in [0.717, 1.165) is 28.9 Å². The molecule has 3 N–H and O–H groups in total. The molecule has 7 heteroatoms. The molecule has 3 aromatic rings. The van der Waals surface area contributed by atoms with Gasteiger partial charge in [-0.05, 0) is 60.1 Å². The van der Waals surface area contributed by atoms with Crippen LogP contribution in [0.25, 0.3) is 0 Å². The molecule has 3 rings (SSSR count). The number of rotatable bonds is 13. The summed E-state index contributed by atoms with van der Waals surface area (Å²) >= 11 is 0. The van der Waals surface area contributed by atoms with E-state index in [-0.39, 0.29) is 24.7 Å². The summed E-state index contributed by atoms with van der Waals surface area (Å²) in [6.07, 6.45) is 5.80. The highest BCUT2D eigenvalue weighted by molar-refractivity contribution is 5.66. The molecular weight excluding hydrogens is 433 g/mol. The van der Waals surface area contributed by atoms with Crippen molar-refractivity contribution in [3.63, 3.8) is 0 Å². The molecule has 1 heterocycles. The van der Waals surface area contributed by atoms with Crippen molar-refractivity contribution in [2.24, 2.45) is 11.7 Å². The van der Waals surface area contributed by atoms with E-state index >= 15 is 0 Å². The van der Waals surface area contributed by atoms with Crippen molar-refractivity contribution in [1.29, 1.82) is 0 Å². The zero-order chi connectivity index (χ0) is 24.5. The van der Waals surface area contributed by atoms with Crippen LogP contribution in [0.1, 0.15) is 61.3 Å². The van der Waals surface area contributed by atoms with Crippen LogP contribution in [-0.4, -0.2) is 27.5 Å². The summed E-state index contributed by atoms with van der Waals surface area (Å²) in [6.45, 7) is 5.51. The van der Waals surface area contributed by atoms with Gasteiger partial charge in [-0.25, -0.2) is 4.39 Å². The number of hydrogen-bond acceptors (Lipinski definition) is 4. The lowest BCUT2D eigenvalue weighted by atomic mass is 9.90. The molecule has 0 aliphatic heterocycles. The highest BCUT2D eigenvalue weighted by atomic mass is 19.1. The first-order valence-corrected chi connectivity index (χ1v) is 11.8. The Morgan fingerprint density at radius 2 is 2.03 bits per heavy atom. The van der Waals surface area contributed by atoms with Crippen molar-refractivity contribution >= 4 is 5.97 Å². The molecular formula is C27H34FN3O3. The van der Waals surface area contributed by atoms with Crippen LogP contribution in [0.15, 0.2) is 54.9 Å². The summed E-state index contributed by atoms with van der Waals surface area (Å²) in [5.41, 5.74) is 9.27. The Labute approximate surface area is 200 Å². The van der Waals surface area contributed by atoms with Crippen LogP contribution in [0.4, 0.5) is 4.39 Å². The SMILES string of the molecule is CC(C)CC(COc1cc(Cn2cccn2)ccc1CCCC(=O)O)c1ccc(F)c(CN)c1. The van der Waals surface area contributed by atoms with E-state index in [1.807, 2.05) is 47.3 Å². The predicted octanol–water partition coefficient (Wildman–Crippen LogP) is 5.15. The number of carboxylic acid groups (broad SMARTS) is 1. The third kappa shape index (κ3) is 7.42. The molecule has 1 unspecified atom stereocenters. The maximum Gasteiger partial charge on any atom is 0.303 e. The van der Waals surface area contributed by atoms with Crippen molar-refractivity contribution in [3.8, 4) is 5.75 Å². The highest BCUT2D eigenvalue weighted by Gasteiger charge is 2.18. The molecule has 0 bridgehead atoms. The number of benzene rings is 2. The zero-order valence-corrected chi connectivity index (χ0v) is 19.9. The van der Waals surface area contributed by atoms with Crippen LogP contribution in [-0.2, 0) is 24.3 Å². The van der Waals surface area contributed by atoms with Crippen molar-refractivity contribution < 1.29 is 19.0 Å². The quantitative estimate of drug-likeness (QED) is 0.363. The number of hydrogen-bond donors (Lipinski definition) is 2. The van der Waals surface area contributed by atoms with Gasteiger partial charge in [0.2, 0.25) is 0 Å². The van der Waals surface area contributed by atoms with E-state index in [9.17, 15) is 9.18 Å². The second kappa shape index (κ2) is 12.3. The second-order valence-corrected chi connectivity index (χ2v) is 9.09. The van der Waals surface area contributed by atoms with Crippen molar-refractivity contribution in [3.05, 3.63) is 82.9 Å².